The van der Waals surface area contributed by atoms with Crippen molar-refractivity contribution in [2.24, 2.45) is 0 Å². The van der Waals surface area contributed by atoms with Gasteiger partial charge in [0.1, 0.15) is 23.2 Å². The van der Waals surface area contributed by atoms with Crippen molar-refractivity contribution in [3.8, 4) is 6.07 Å². The molecule has 0 aromatic carbocycles. The smallest absolute Gasteiger partial charge is 0.217 e. The van der Waals surface area contributed by atoms with Crippen LogP contribution >= 0.6 is 0 Å². The lowest BCUT2D eigenvalue weighted by atomic mass is 10.1. The van der Waals surface area contributed by atoms with Gasteiger partial charge in [-0.1, -0.05) is 0 Å². The monoisotopic (exact) mass is 339 g/mol. The standard InChI is InChI=1S/C18H21N5O2/c1-11-12(2)21-22-18(15(11)9-19)23-8-4-5-16(23)17-7-6-14(25-17)10-20-13(3)24/h6-7,16H,4-5,8,10H2,1-3H3,(H,20,24)/t16-/m1/s1. The lowest BCUT2D eigenvalue weighted by molar-refractivity contribution is -0.119. The second-order valence-corrected chi connectivity index (χ2v) is 6.29. The Morgan fingerprint density at radius 2 is 2.24 bits per heavy atom. The summed E-state index contributed by atoms with van der Waals surface area (Å²) in [4.78, 5) is 13.1. The van der Waals surface area contributed by atoms with Crippen molar-refractivity contribution >= 4 is 11.7 Å². The molecule has 0 aliphatic carbocycles. The van der Waals surface area contributed by atoms with E-state index in [2.05, 4.69) is 26.5 Å². The lowest BCUT2D eigenvalue weighted by Crippen LogP contribution is -2.25. The summed E-state index contributed by atoms with van der Waals surface area (Å²) >= 11 is 0. The van der Waals surface area contributed by atoms with Gasteiger partial charge in [0.2, 0.25) is 5.91 Å². The lowest BCUT2D eigenvalue weighted by Gasteiger charge is -2.25. The molecule has 0 spiro atoms. The number of carbonyl (C=O) groups excluding carboxylic acids is 1. The van der Waals surface area contributed by atoms with Crippen molar-refractivity contribution in [3.05, 3.63) is 40.5 Å². The molecular formula is C18H21N5O2. The van der Waals surface area contributed by atoms with E-state index < -0.39 is 0 Å². The van der Waals surface area contributed by atoms with Crippen LogP contribution in [0.1, 0.15) is 54.1 Å². The Kier molecular flexibility index (Phi) is 4.70. The molecule has 7 heteroatoms. The van der Waals surface area contributed by atoms with Gasteiger partial charge in [0.25, 0.3) is 0 Å². The summed E-state index contributed by atoms with van der Waals surface area (Å²) in [5.41, 5.74) is 2.21. The van der Waals surface area contributed by atoms with Crippen molar-refractivity contribution < 1.29 is 9.21 Å². The highest BCUT2D eigenvalue weighted by atomic mass is 16.3. The van der Waals surface area contributed by atoms with Crippen molar-refractivity contribution in [1.29, 1.82) is 5.26 Å². The highest BCUT2D eigenvalue weighted by Gasteiger charge is 2.32. The van der Waals surface area contributed by atoms with Gasteiger partial charge in [-0.25, -0.2) is 0 Å². The fourth-order valence-electron chi connectivity index (χ4n) is 3.13. The summed E-state index contributed by atoms with van der Waals surface area (Å²) in [7, 11) is 0. The molecule has 25 heavy (non-hydrogen) atoms. The van der Waals surface area contributed by atoms with Crippen molar-refractivity contribution in [1.82, 2.24) is 15.5 Å². The fourth-order valence-corrected chi connectivity index (χ4v) is 3.13. The minimum Gasteiger partial charge on any atom is -0.462 e. The second kappa shape index (κ2) is 6.93. The van der Waals surface area contributed by atoms with Crippen LogP contribution in [0.4, 0.5) is 5.82 Å². The van der Waals surface area contributed by atoms with Crippen LogP contribution in [0.3, 0.4) is 0 Å². The molecule has 3 rings (SSSR count). The second-order valence-electron chi connectivity index (χ2n) is 6.29. The molecule has 0 bridgehead atoms. The Morgan fingerprint density at radius 3 is 2.96 bits per heavy atom. The van der Waals surface area contributed by atoms with E-state index in [1.54, 1.807) is 0 Å². The van der Waals surface area contributed by atoms with E-state index in [9.17, 15) is 10.1 Å². The Bertz CT molecular complexity index is 836. The predicted octanol–water partition coefficient (Wildman–Crippen LogP) is 2.54. The summed E-state index contributed by atoms with van der Waals surface area (Å²) in [6, 6.07) is 6.10. The number of nitriles is 1. The first-order valence-corrected chi connectivity index (χ1v) is 8.35. The number of rotatable bonds is 4. The molecular weight excluding hydrogens is 318 g/mol. The molecule has 1 aliphatic rings. The van der Waals surface area contributed by atoms with Crippen LogP contribution in [0.15, 0.2) is 16.5 Å². The molecule has 2 aromatic heterocycles. The zero-order valence-corrected chi connectivity index (χ0v) is 14.7. The van der Waals surface area contributed by atoms with Crippen molar-refractivity contribution in [3.63, 3.8) is 0 Å². The summed E-state index contributed by atoms with van der Waals surface area (Å²) in [6.07, 6.45) is 1.92. The molecule has 0 saturated carbocycles. The number of nitrogens with one attached hydrogen (secondary N) is 1. The maximum absolute atomic E-state index is 11.0. The third-order valence-corrected chi connectivity index (χ3v) is 4.60. The molecule has 2 aromatic rings. The number of furan rings is 1. The van der Waals surface area contributed by atoms with Gasteiger partial charge in [-0.05, 0) is 44.4 Å². The van der Waals surface area contributed by atoms with E-state index in [1.165, 1.54) is 6.92 Å². The zero-order valence-electron chi connectivity index (χ0n) is 14.7. The Balaban J connectivity index is 1.88. The molecule has 7 nitrogen and oxygen atoms in total. The normalized spacial score (nSPS) is 16.7. The molecule has 1 amide bonds. The predicted molar refractivity (Wildman–Crippen MR) is 91.8 cm³/mol. The van der Waals surface area contributed by atoms with Gasteiger partial charge in [-0.15, -0.1) is 5.10 Å². The fraction of sp³-hybridized carbons (Fsp3) is 0.444. The van der Waals surface area contributed by atoms with Gasteiger partial charge in [0.05, 0.1) is 18.3 Å². The summed E-state index contributed by atoms with van der Waals surface area (Å²) < 4.78 is 5.91. The highest BCUT2D eigenvalue weighted by molar-refractivity contribution is 5.72. The summed E-state index contributed by atoms with van der Waals surface area (Å²) in [6.45, 7) is 6.41. The average molecular weight is 339 g/mol. The zero-order chi connectivity index (χ0) is 18.0. The number of nitrogens with zero attached hydrogens (tertiary/aromatic N) is 4. The van der Waals surface area contributed by atoms with Crippen molar-refractivity contribution in [2.45, 2.75) is 46.2 Å². The van der Waals surface area contributed by atoms with Gasteiger partial charge < -0.3 is 14.6 Å². The Hall–Kier alpha value is -2.88. The first-order chi connectivity index (χ1) is 12.0. The third-order valence-electron chi connectivity index (χ3n) is 4.60. The molecule has 3 heterocycles. The number of anilines is 1. The molecule has 0 radical (unpaired) electrons. The number of aryl methyl sites for hydroxylation is 1. The van der Waals surface area contributed by atoms with E-state index in [4.69, 9.17) is 4.42 Å². The Labute approximate surface area is 146 Å². The quantitative estimate of drug-likeness (QED) is 0.920. The number of amides is 1. The molecule has 0 unspecified atom stereocenters. The van der Waals surface area contributed by atoms with Gasteiger partial charge in [-0.3, -0.25) is 4.79 Å². The van der Waals surface area contributed by atoms with E-state index in [1.807, 2.05) is 26.0 Å². The average Bonchev–Trinajstić information content (AvgIpc) is 3.23. The van der Waals surface area contributed by atoms with Crippen LogP contribution in [-0.2, 0) is 11.3 Å². The molecule has 1 N–H and O–H groups in total. The molecule has 130 valence electrons. The largest absolute Gasteiger partial charge is 0.462 e. The van der Waals surface area contributed by atoms with Gasteiger partial charge in [-0.2, -0.15) is 10.4 Å². The number of carbonyl (C=O) groups is 1. The highest BCUT2D eigenvalue weighted by Crippen LogP contribution is 2.37. The molecule has 1 atom stereocenters. The van der Waals surface area contributed by atoms with E-state index in [0.29, 0.717) is 23.7 Å². The maximum Gasteiger partial charge on any atom is 0.217 e. The Morgan fingerprint density at radius 1 is 1.44 bits per heavy atom. The van der Waals surface area contributed by atoms with E-state index >= 15 is 0 Å². The number of hydrogen-bond acceptors (Lipinski definition) is 6. The number of aromatic nitrogens is 2. The van der Waals surface area contributed by atoms with E-state index in [-0.39, 0.29) is 11.9 Å². The van der Waals surface area contributed by atoms with Crippen LogP contribution in [0, 0.1) is 25.2 Å². The van der Waals surface area contributed by atoms with Gasteiger partial charge in [0, 0.05) is 13.5 Å². The number of hydrogen-bond donors (Lipinski definition) is 1. The molecule has 1 fully saturated rings. The SMILES string of the molecule is CC(=O)NCc1ccc([C@H]2CCCN2c2nnc(C)c(C)c2C#N)o1. The molecule has 1 saturated heterocycles. The summed E-state index contributed by atoms with van der Waals surface area (Å²) in [5, 5.41) is 20.8. The van der Waals surface area contributed by atoms with Crippen LogP contribution in [-0.4, -0.2) is 22.6 Å². The third kappa shape index (κ3) is 3.33. The molecule has 1 aliphatic heterocycles. The first kappa shape index (κ1) is 17.0. The topological polar surface area (TPSA) is 95.0 Å². The summed E-state index contributed by atoms with van der Waals surface area (Å²) in [5.74, 6) is 2.06. The minimum atomic E-state index is -0.0930. The maximum atomic E-state index is 11.0. The van der Waals surface area contributed by atoms with E-state index in [0.717, 1.165) is 36.4 Å². The van der Waals surface area contributed by atoms with Gasteiger partial charge >= 0.3 is 0 Å². The first-order valence-electron chi connectivity index (χ1n) is 8.35. The van der Waals surface area contributed by atoms with Crippen LogP contribution in [0.25, 0.3) is 0 Å². The van der Waals surface area contributed by atoms with Crippen LogP contribution < -0.4 is 10.2 Å². The van der Waals surface area contributed by atoms with Crippen LogP contribution in [0.5, 0.6) is 0 Å². The van der Waals surface area contributed by atoms with Gasteiger partial charge in [0.15, 0.2) is 5.82 Å². The van der Waals surface area contributed by atoms with Crippen molar-refractivity contribution in [2.75, 3.05) is 11.4 Å². The minimum absolute atomic E-state index is 0.0228. The van der Waals surface area contributed by atoms with Crippen LogP contribution in [0.2, 0.25) is 0 Å².